The molecule has 0 saturated heterocycles. The molecule has 0 radical (unpaired) electrons. The predicted octanol–water partition coefficient (Wildman–Crippen LogP) is 0.477. The number of guanidine groups is 1. The molecule has 3 aromatic rings. The van der Waals surface area contributed by atoms with Gasteiger partial charge in [-0.25, -0.2) is 13.4 Å². The van der Waals surface area contributed by atoms with Crippen molar-refractivity contribution in [3.05, 3.63) is 64.2 Å². The van der Waals surface area contributed by atoms with E-state index < -0.39 is 34.0 Å². The van der Waals surface area contributed by atoms with E-state index in [1.165, 1.54) is 32.4 Å². The van der Waals surface area contributed by atoms with E-state index >= 15 is 0 Å². The fourth-order valence-electron chi connectivity index (χ4n) is 3.88. The number of H-pyrrole nitrogens is 1. The number of fused-ring (bicyclic) bond motifs is 1. The lowest BCUT2D eigenvalue weighted by Gasteiger charge is -2.16. The number of nitrogens with one attached hydrogen (secondary N) is 4. The van der Waals surface area contributed by atoms with Crippen LogP contribution < -0.4 is 30.4 Å². The van der Waals surface area contributed by atoms with Gasteiger partial charge in [0.25, 0.3) is 5.56 Å². The molecule has 13 nitrogen and oxygen atoms in total. The quantitative estimate of drug-likeness (QED) is 0.223. The molecule has 0 amide bonds. The number of nitrogens with zero attached hydrogens (tertiary/aromatic N) is 2. The van der Waals surface area contributed by atoms with Gasteiger partial charge in [0.1, 0.15) is 11.9 Å². The Morgan fingerprint density at radius 2 is 1.97 bits per heavy atom. The highest BCUT2D eigenvalue weighted by molar-refractivity contribution is 7.89. The van der Waals surface area contributed by atoms with Gasteiger partial charge in [-0.05, 0) is 29.8 Å². The van der Waals surface area contributed by atoms with Crippen LogP contribution in [-0.4, -0.2) is 75.3 Å². The first-order valence-electron chi connectivity index (χ1n) is 11.9. The Hall–Kier alpha value is -4.43. The van der Waals surface area contributed by atoms with Crippen LogP contribution >= 0.6 is 0 Å². The summed E-state index contributed by atoms with van der Waals surface area (Å²) in [6, 6.07) is 7.37. The standard InChI is InChI=1S/C25H28N6O7S/c1-37-20-8-6-16(13-21(20)38-2)39(35,36)31-19(24(33)34)14-22-29-18-7-5-15(12-17(18)23(32)30-22)4-3-9-26-25-27-10-11-28-25/h3-8,12-13,19,31H,9-11,14H2,1-2H3,(H,33,34)(H2,26,27,28)(H,29,30,32)/b4-3+/t19-/m0/s1. The van der Waals surface area contributed by atoms with Gasteiger partial charge in [0.05, 0.1) is 36.6 Å². The zero-order valence-corrected chi connectivity index (χ0v) is 22.0. The van der Waals surface area contributed by atoms with Crippen LogP contribution in [0.5, 0.6) is 11.5 Å². The van der Waals surface area contributed by atoms with Gasteiger partial charge in [-0.2, -0.15) is 4.72 Å². The third-order valence-electron chi connectivity index (χ3n) is 5.81. The Morgan fingerprint density at radius 3 is 2.67 bits per heavy atom. The van der Waals surface area contributed by atoms with Crippen LogP contribution in [0, 0.1) is 0 Å². The van der Waals surface area contributed by atoms with E-state index in [-0.39, 0.29) is 16.5 Å². The van der Waals surface area contributed by atoms with Crippen molar-refractivity contribution in [1.82, 2.24) is 25.3 Å². The van der Waals surface area contributed by atoms with Crippen molar-refractivity contribution in [1.29, 1.82) is 0 Å². The molecule has 4 rings (SSSR count). The van der Waals surface area contributed by atoms with Crippen LogP contribution in [0.15, 0.2) is 57.2 Å². The molecule has 0 spiro atoms. The van der Waals surface area contributed by atoms with Gasteiger partial charge in [0, 0.05) is 25.6 Å². The molecule has 0 unspecified atom stereocenters. The average molecular weight is 557 g/mol. The maximum absolute atomic E-state index is 12.9. The predicted molar refractivity (Wildman–Crippen MR) is 145 cm³/mol. The van der Waals surface area contributed by atoms with Crippen molar-refractivity contribution in [2.45, 2.75) is 17.4 Å². The Balaban J connectivity index is 1.50. The van der Waals surface area contributed by atoms with Gasteiger partial charge in [0.15, 0.2) is 17.5 Å². The molecule has 1 atom stereocenters. The molecule has 0 fully saturated rings. The number of aliphatic carboxylic acids is 1. The molecule has 1 aliphatic rings. The molecular weight excluding hydrogens is 528 g/mol. The Morgan fingerprint density at radius 1 is 1.18 bits per heavy atom. The van der Waals surface area contributed by atoms with Crippen LogP contribution in [0.1, 0.15) is 11.4 Å². The second-order valence-electron chi connectivity index (χ2n) is 8.46. The first-order chi connectivity index (χ1) is 18.7. The fourth-order valence-corrected chi connectivity index (χ4v) is 5.09. The molecule has 1 aliphatic heterocycles. The number of ether oxygens (including phenoxy) is 2. The van der Waals surface area contributed by atoms with E-state index in [1.807, 2.05) is 12.2 Å². The number of aromatic amines is 1. The number of aromatic nitrogens is 2. The van der Waals surface area contributed by atoms with E-state index in [0.29, 0.717) is 23.2 Å². The van der Waals surface area contributed by atoms with Crippen molar-refractivity contribution < 1.29 is 27.8 Å². The largest absolute Gasteiger partial charge is 0.493 e. The Bertz CT molecular complexity index is 1600. The van der Waals surface area contributed by atoms with Crippen molar-refractivity contribution >= 4 is 38.9 Å². The Kier molecular flexibility index (Phi) is 8.46. The highest BCUT2D eigenvalue weighted by Crippen LogP contribution is 2.29. The van der Waals surface area contributed by atoms with Crippen molar-refractivity contribution in [3.8, 4) is 11.5 Å². The lowest BCUT2D eigenvalue weighted by Crippen LogP contribution is -2.42. The normalized spacial score (nSPS) is 14.2. The number of benzene rings is 2. The number of hydrogen-bond acceptors (Lipinski definition) is 10. The number of carboxylic acid groups (broad SMARTS) is 1. The van der Waals surface area contributed by atoms with Crippen molar-refractivity contribution in [2.75, 3.05) is 33.9 Å². The molecular formula is C25H28N6O7S. The molecule has 0 saturated carbocycles. The van der Waals surface area contributed by atoms with Gasteiger partial charge in [-0.1, -0.05) is 18.2 Å². The maximum atomic E-state index is 12.9. The minimum atomic E-state index is -4.27. The van der Waals surface area contributed by atoms with Gasteiger partial charge in [0.2, 0.25) is 10.0 Å². The number of rotatable bonds is 11. The van der Waals surface area contributed by atoms with Crippen LogP contribution in [0.4, 0.5) is 0 Å². The molecule has 39 heavy (non-hydrogen) atoms. The van der Waals surface area contributed by atoms with E-state index in [0.717, 1.165) is 24.6 Å². The lowest BCUT2D eigenvalue weighted by molar-refractivity contribution is -0.139. The highest BCUT2D eigenvalue weighted by Gasteiger charge is 2.27. The summed E-state index contributed by atoms with van der Waals surface area (Å²) in [6.45, 7) is 2.10. The van der Waals surface area contributed by atoms with Crippen LogP contribution in [0.3, 0.4) is 0 Å². The number of aliphatic imine (C=N–C) groups is 1. The first-order valence-corrected chi connectivity index (χ1v) is 13.4. The van der Waals surface area contributed by atoms with E-state index in [1.54, 1.807) is 18.2 Å². The lowest BCUT2D eigenvalue weighted by atomic mass is 10.1. The molecule has 2 heterocycles. The zero-order chi connectivity index (χ0) is 28.0. The number of carboxylic acids is 1. The smallest absolute Gasteiger partial charge is 0.322 e. The van der Waals surface area contributed by atoms with E-state index in [9.17, 15) is 23.1 Å². The fraction of sp³-hybridized carbons (Fsp3) is 0.280. The number of sulfonamides is 1. The second kappa shape index (κ2) is 12.0. The highest BCUT2D eigenvalue weighted by atomic mass is 32.2. The summed E-state index contributed by atoms with van der Waals surface area (Å²) in [5, 5.41) is 16.3. The summed E-state index contributed by atoms with van der Waals surface area (Å²) < 4.78 is 38.2. The summed E-state index contributed by atoms with van der Waals surface area (Å²) >= 11 is 0. The van der Waals surface area contributed by atoms with Crippen molar-refractivity contribution in [3.63, 3.8) is 0 Å². The number of hydrogen-bond donors (Lipinski definition) is 5. The summed E-state index contributed by atoms with van der Waals surface area (Å²) in [4.78, 5) is 35.6. The molecule has 0 bridgehead atoms. The van der Waals surface area contributed by atoms with E-state index in [2.05, 4.69) is 30.3 Å². The monoisotopic (exact) mass is 556 g/mol. The molecule has 1 aromatic heterocycles. The minimum Gasteiger partial charge on any atom is -0.493 e. The summed E-state index contributed by atoms with van der Waals surface area (Å²) in [6.07, 6.45) is 3.35. The summed E-state index contributed by atoms with van der Waals surface area (Å²) in [5.41, 5.74) is 0.650. The molecule has 0 aliphatic carbocycles. The molecule has 206 valence electrons. The summed E-state index contributed by atoms with van der Waals surface area (Å²) in [7, 11) is -1.51. The van der Waals surface area contributed by atoms with Crippen LogP contribution in [-0.2, 0) is 21.2 Å². The molecule has 5 N–H and O–H groups in total. The third-order valence-corrected chi connectivity index (χ3v) is 7.28. The first kappa shape index (κ1) is 27.6. The van der Waals surface area contributed by atoms with Gasteiger partial charge in [-0.15, -0.1) is 0 Å². The second-order valence-corrected chi connectivity index (χ2v) is 10.2. The van der Waals surface area contributed by atoms with Gasteiger partial charge in [-0.3, -0.25) is 14.6 Å². The SMILES string of the molecule is COc1ccc(S(=O)(=O)N[C@@H](Cc2nc3ccc(/C=C/CNC4=NCCN4)cc3c(=O)[nH]2)C(=O)O)cc1OC. The summed E-state index contributed by atoms with van der Waals surface area (Å²) in [5.74, 6) is -0.187. The van der Waals surface area contributed by atoms with Crippen LogP contribution in [0.2, 0.25) is 0 Å². The maximum Gasteiger partial charge on any atom is 0.322 e. The van der Waals surface area contributed by atoms with Gasteiger partial charge >= 0.3 is 5.97 Å². The molecule has 14 heteroatoms. The Labute approximate surface area is 224 Å². The van der Waals surface area contributed by atoms with Gasteiger partial charge < -0.3 is 30.2 Å². The molecule has 2 aromatic carbocycles. The number of carbonyl (C=O) groups is 1. The van der Waals surface area contributed by atoms with E-state index in [4.69, 9.17) is 9.47 Å². The van der Waals surface area contributed by atoms with Crippen molar-refractivity contribution in [2.24, 2.45) is 4.99 Å². The average Bonchev–Trinajstić information content (AvgIpc) is 3.44. The number of methoxy groups -OCH3 is 2. The van der Waals surface area contributed by atoms with Crippen LogP contribution in [0.25, 0.3) is 17.0 Å². The third kappa shape index (κ3) is 6.72. The zero-order valence-electron chi connectivity index (χ0n) is 21.2. The minimum absolute atomic E-state index is 0.0206. The topological polar surface area (TPSA) is 184 Å².